The van der Waals surface area contributed by atoms with E-state index in [1.807, 2.05) is 0 Å². The van der Waals surface area contributed by atoms with Crippen molar-refractivity contribution in [3.05, 3.63) is 58.5 Å². The fourth-order valence-corrected chi connectivity index (χ4v) is 3.55. The third-order valence-electron chi connectivity index (χ3n) is 4.14. The average Bonchev–Trinajstić information content (AvgIpc) is 2.97. The van der Waals surface area contributed by atoms with Crippen LogP contribution in [-0.4, -0.2) is 46.6 Å². The molecule has 4 N–H and O–H groups in total. The maximum Gasteiger partial charge on any atom is 0.294 e. The average molecular weight is 427 g/mol. The number of carbonyl (C=O) groups excluding carboxylic acids is 4. The highest BCUT2D eigenvalue weighted by molar-refractivity contribution is 8.18. The van der Waals surface area contributed by atoms with Crippen molar-refractivity contribution >= 4 is 46.5 Å². The summed E-state index contributed by atoms with van der Waals surface area (Å²) in [5.74, 6) is -1.84. The summed E-state index contributed by atoms with van der Waals surface area (Å²) in [6, 6.07) is 10.6. The number of amides is 4. The molecule has 0 atom stereocenters. The summed E-state index contributed by atoms with van der Waals surface area (Å²) >= 11 is 0.692. The van der Waals surface area contributed by atoms with E-state index in [-0.39, 0.29) is 27.7 Å². The highest BCUT2D eigenvalue weighted by atomic mass is 32.2. The molecule has 154 valence electrons. The second-order valence-corrected chi connectivity index (χ2v) is 7.15. The molecule has 30 heavy (non-hydrogen) atoms. The first kappa shape index (κ1) is 20.9. The fraction of sp³-hybridized carbons (Fsp3) is 0.100. The molecule has 2 aromatic rings. The van der Waals surface area contributed by atoms with Crippen LogP contribution in [-0.2, 0) is 9.59 Å². The maximum atomic E-state index is 12.6. The summed E-state index contributed by atoms with van der Waals surface area (Å²) in [6.07, 6.45) is 1.47. The van der Waals surface area contributed by atoms with Gasteiger partial charge >= 0.3 is 0 Å². The number of anilines is 1. The predicted molar refractivity (Wildman–Crippen MR) is 111 cm³/mol. The van der Waals surface area contributed by atoms with Crippen LogP contribution in [0.1, 0.15) is 15.9 Å². The number of phenolic OH excluding ortho intramolecular Hbond substituents is 1. The molecule has 0 spiro atoms. The van der Waals surface area contributed by atoms with E-state index in [9.17, 15) is 24.3 Å². The van der Waals surface area contributed by atoms with Crippen LogP contribution in [0.2, 0.25) is 0 Å². The Morgan fingerprint density at radius 1 is 1.23 bits per heavy atom. The maximum absolute atomic E-state index is 12.6. The van der Waals surface area contributed by atoms with Gasteiger partial charge in [0.05, 0.1) is 23.3 Å². The van der Waals surface area contributed by atoms with Crippen molar-refractivity contribution in [3.8, 4) is 11.5 Å². The second kappa shape index (κ2) is 8.70. The van der Waals surface area contributed by atoms with Gasteiger partial charge in [0.1, 0.15) is 6.54 Å². The van der Waals surface area contributed by atoms with Gasteiger partial charge in [-0.05, 0) is 47.7 Å². The van der Waals surface area contributed by atoms with Crippen molar-refractivity contribution in [3.63, 3.8) is 0 Å². The molecular formula is C20H17N3O6S. The number of nitrogens with one attached hydrogen (secondary N) is 1. The predicted octanol–water partition coefficient (Wildman–Crippen LogP) is 2.17. The quantitative estimate of drug-likeness (QED) is 0.600. The highest BCUT2D eigenvalue weighted by Crippen LogP contribution is 2.34. The van der Waals surface area contributed by atoms with Gasteiger partial charge in [-0.25, -0.2) is 0 Å². The van der Waals surface area contributed by atoms with Gasteiger partial charge in [-0.3, -0.25) is 24.1 Å². The molecule has 0 aromatic heterocycles. The summed E-state index contributed by atoms with van der Waals surface area (Å²) in [5, 5.41) is 11.5. The number of rotatable bonds is 6. The fourth-order valence-electron chi connectivity index (χ4n) is 2.71. The van der Waals surface area contributed by atoms with Gasteiger partial charge in [-0.15, -0.1) is 0 Å². The summed E-state index contributed by atoms with van der Waals surface area (Å²) in [7, 11) is 1.39. The van der Waals surface area contributed by atoms with Crippen molar-refractivity contribution in [2.75, 3.05) is 19.0 Å². The van der Waals surface area contributed by atoms with E-state index < -0.39 is 29.5 Å². The second-order valence-electron chi connectivity index (χ2n) is 6.16. The number of nitrogens with zero attached hydrogens (tertiary/aromatic N) is 1. The molecule has 0 bridgehead atoms. The van der Waals surface area contributed by atoms with Crippen LogP contribution >= 0.6 is 11.8 Å². The van der Waals surface area contributed by atoms with E-state index in [4.69, 9.17) is 10.5 Å². The van der Waals surface area contributed by atoms with Crippen molar-refractivity contribution in [2.24, 2.45) is 5.73 Å². The number of methoxy groups -OCH3 is 1. The third kappa shape index (κ3) is 4.44. The van der Waals surface area contributed by atoms with Crippen molar-refractivity contribution < 1.29 is 29.0 Å². The van der Waals surface area contributed by atoms with E-state index in [0.29, 0.717) is 17.3 Å². The Balaban J connectivity index is 1.74. The molecule has 1 aliphatic rings. The number of carbonyl (C=O) groups is 4. The summed E-state index contributed by atoms with van der Waals surface area (Å²) in [6.45, 7) is -0.520. The molecule has 9 nitrogen and oxygen atoms in total. The van der Waals surface area contributed by atoms with Crippen molar-refractivity contribution in [1.82, 2.24) is 4.90 Å². The number of primary amides is 1. The van der Waals surface area contributed by atoms with E-state index in [1.165, 1.54) is 37.5 Å². The van der Waals surface area contributed by atoms with Crippen LogP contribution in [0.4, 0.5) is 10.5 Å². The lowest BCUT2D eigenvalue weighted by Crippen LogP contribution is -2.36. The monoisotopic (exact) mass is 427 g/mol. The van der Waals surface area contributed by atoms with Crippen LogP contribution in [0, 0.1) is 0 Å². The van der Waals surface area contributed by atoms with Crippen LogP contribution in [0.5, 0.6) is 11.5 Å². The van der Waals surface area contributed by atoms with E-state index in [2.05, 4.69) is 5.32 Å². The number of aromatic hydroxyl groups is 1. The minimum absolute atomic E-state index is 0.0596. The molecule has 1 saturated heterocycles. The molecule has 1 heterocycles. The lowest BCUT2D eigenvalue weighted by molar-refractivity contribution is -0.127. The largest absolute Gasteiger partial charge is 0.504 e. The normalized spacial score (nSPS) is 14.8. The molecule has 3 rings (SSSR count). The number of hydrogen-bond donors (Lipinski definition) is 3. The lowest BCUT2D eigenvalue weighted by Gasteiger charge is -2.13. The minimum Gasteiger partial charge on any atom is -0.504 e. The smallest absolute Gasteiger partial charge is 0.294 e. The molecular weight excluding hydrogens is 410 g/mol. The number of imide groups is 1. The molecule has 2 aromatic carbocycles. The molecule has 1 fully saturated rings. The van der Waals surface area contributed by atoms with Crippen LogP contribution in [0.25, 0.3) is 6.08 Å². The molecule has 10 heteroatoms. The zero-order valence-electron chi connectivity index (χ0n) is 15.7. The number of para-hydroxylation sites is 1. The number of phenols is 1. The minimum atomic E-state index is -0.718. The van der Waals surface area contributed by atoms with E-state index in [0.717, 1.165) is 4.90 Å². The molecule has 0 unspecified atom stereocenters. The molecule has 0 saturated carbocycles. The zero-order valence-corrected chi connectivity index (χ0v) is 16.6. The first-order valence-corrected chi connectivity index (χ1v) is 9.43. The first-order chi connectivity index (χ1) is 14.3. The Morgan fingerprint density at radius 2 is 1.97 bits per heavy atom. The SMILES string of the molecule is COc1cc(/C=C2/SC(=O)N(CC(=O)Nc3ccccc3C(N)=O)C2=O)ccc1O. The Morgan fingerprint density at radius 3 is 2.67 bits per heavy atom. The molecule has 1 aliphatic heterocycles. The molecule has 0 radical (unpaired) electrons. The van der Waals surface area contributed by atoms with Crippen LogP contribution < -0.4 is 15.8 Å². The Hall–Kier alpha value is -3.79. The Bertz CT molecular complexity index is 1080. The zero-order chi connectivity index (χ0) is 21.8. The summed E-state index contributed by atoms with van der Waals surface area (Å²) in [5.41, 5.74) is 6.11. The van der Waals surface area contributed by atoms with Crippen molar-refractivity contribution in [1.29, 1.82) is 0 Å². The summed E-state index contributed by atoms with van der Waals surface area (Å²) in [4.78, 5) is 49.5. The Kier molecular flexibility index (Phi) is 6.07. The number of ether oxygens (including phenoxy) is 1. The third-order valence-corrected chi connectivity index (χ3v) is 5.05. The first-order valence-electron chi connectivity index (χ1n) is 8.61. The van der Waals surface area contributed by atoms with E-state index >= 15 is 0 Å². The molecule has 4 amide bonds. The van der Waals surface area contributed by atoms with Crippen LogP contribution in [0.15, 0.2) is 47.4 Å². The van der Waals surface area contributed by atoms with Gasteiger partial charge in [0.25, 0.3) is 17.1 Å². The number of nitrogens with two attached hydrogens (primary N) is 1. The summed E-state index contributed by atoms with van der Waals surface area (Å²) < 4.78 is 5.02. The highest BCUT2D eigenvalue weighted by Gasteiger charge is 2.36. The number of hydrogen-bond acceptors (Lipinski definition) is 7. The van der Waals surface area contributed by atoms with Gasteiger partial charge in [-0.1, -0.05) is 18.2 Å². The Labute approximate surface area is 175 Å². The standard InChI is InChI=1S/C20H17N3O6S/c1-29-15-8-11(6-7-14(15)24)9-16-19(27)23(20(28)30-16)10-17(25)22-13-5-3-2-4-12(13)18(21)26/h2-9,24H,10H2,1H3,(H2,21,26)(H,22,25)/b16-9+. The van der Waals surface area contributed by atoms with Gasteiger partial charge in [0.2, 0.25) is 5.91 Å². The van der Waals surface area contributed by atoms with Gasteiger partial charge in [-0.2, -0.15) is 0 Å². The van der Waals surface area contributed by atoms with Gasteiger partial charge in [0, 0.05) is 0 Å². The number of benzene rings is 2. The van der Waals surface area contributed by atoms with Crippen LogP contribution in [0.3, 0.4) is 0 Å². The topological polar surface area (TPSA) is 139 Å². The number of thioether (sulfide) groups is 1. The molecule has 0 aliphatic carbocycles. The van der Waals surface area contributed by atoms with E-state index in [1.54, 1.807) is 18.2 Å². The van der Waals surface area contributed by atoms with Crippen molar-refractivity contribution in [2.45, 2.75) is 0 Å². The van der Waals surface area contributed by atoms with Gasteiger partial charge < -0.3 is 20.9 Å². The van der Waals surface area contributed by atoms with Gasteiger partial charge in [0.15, 0.2) is 11.5 Å². The lowest BCUT2D eigenvalue weighted by atomic mass is 10.1.